The fourth-order valence-electron chi connectivity index (χ4n) is 2.07. The number of aromatic nitrogens is 1. The summed E-state index contributed by atoms with van der Waals surface area (Å²) in [6, 6.07) is 0.659. The van der Waals surface area contributed by atoms with E-state index in [4.69, 9.17) is 9.84 Å². The van der Waals surface area contributed by atoms with Crippen molar-refractivity contribution in [1.82, 2.24) is 9.88 Å². The second kappa shape index (κ2) is 6.61. The van der Waals surface area contributed by atoms with Gasteiger partial charge in [-0.15, -0.1) is 11.3 Å². The molecule has 1 aliphatic rings. The first-order valence-corrected chi connectivity index (χ1v) is 7.53. The largest absolute Gasteiger partial charge is 0.395 e. The van der Waals surface area contributed by atoms with E-state index in [1.807, 2.05) is 13.8 Å². The van der Waals surface area contributed by atoms with Crippen molar-refractivity contribution in [2.24, 2.45) is 0 Å². The average Bonchev–Trinajstić information content (AvgIpc) is 3.09. The molecule has 1 atom stereocenters. The molecule has 0 aromatic carbocycles. The highest BCUT2D eigenvalue weighted by Crippen LogP contribution is 2.29. The van der Waals surface area contributed by atoms with Gasteiger partial charge in [0.15, 0.2) is 0 Å². The molecular formula is C13H22N2O2S. The summed E-state index contributed by atoms with van der Waals surface area (Å²) in [6.07, 6.45) is 2.60. The number of aliphatic hydroxyl groups excluding tert-OH is 1. The lowest BCUT2D eigenvalue weighted by atomic mass is 10.3. The topological polar surface area (TPSA) is 45.6 Å². The van der Waals surface area contributed by atoms with E-state index >= 15 is 0 Å². The van der Waals surface area contributed by atoms with Crippen LogP contribution in [0.25, 0.3) is 0 Å². The first-order chi connectivity index (χ1) is 8.74. The van der Waals surface area contributed by atoms with Crippen molar-refractivity contribution in [2.45, 2.75) is 45.4 Å². The molecule has 1 heterocycles. The Balaban J connectivity index is 1.92. The molecule has 1 unspecified atom stereocenters. The van der Waals surface area contributed by atoms with Gasteiger partial charge in [-0.3, -0.25) is 4.90 Å². The zero-order valence-corrected chi connectivity index (χ0v) is 11.9. The molecule has 18 heavy (non-hydrogen) atoms. The molecule has 0 bridgehead atoms. The molecule has 0 spiro atoms. The lowest BCUT2D eigenvalue weighted by molar-refractivity contribution is 0.0759. The summed E-state index contributed by atoms with van der Waals surface area (Å²) in [6.45, 7) is 6.58. The Morgan fingerprint density at radius 3 is 3.00 bits per heavy atom. The van der Waals surface area contributed by atoms with Gasteiger partial charge in [0.1, 0.15) is 11.1 Å². The van der Waals surface area contributed by atoms with Crippen LogP contribution in [0.15, 0.2) is 5.38 Å². The Morgan fingerprint density at radius 2 is 2.39 bits per heavy atom. The van der Waals surface area contributed by atoms with E-state index in [0.717, 1.165) is 30.4 Å². The van der Waals surface area contributed by atoms with Gasteiger partial charge in [-0.25, -0.2) is 4.98 Å². The van der Waals surface area contributed by atoms with Crippen LogP contribution in [0.5, 0.6) is 0 Å². The first kappa shape index (κ1) is 13.9. The summed E-state index contributed by atoms with van der Waals surface area (Å²) in [5, 5.41) is 12.2. The SMILES string of the molecule is CCOC(C)c1nc(CN(CCO)C2CC2)cs1. The first-order valence-electron chi connectivity index (χ1n) is 6.65. The molecule has 5 heteroatoms. The molecule has 0 saturated heterocycles. The number of hydrogen-bond acceptors (Lipinski definition) is 5. The maximum Gasteiger partial charge on any atom is 0.122 e. The molecule has 1 N–H and O–H groups in total. The standard InChI is InChI=1S/C13H22N2O2S/c1-3-17-10(2)13-14-11(9-18-13)8-15(6-7-16)12-4-5-12/h9-10,12,16H,3-8H2,1-2H3. The van der Waals surface area contributed by atoms with Crippen LogP contribution in [0, 0.1) is 0 Å². The molecule has 1 fully saturated rings. The van der Waals surface area contributed by atoms with Crippen molar-refractivity contribution in [3.63, 3.8) is 0 Å². The molecule has 102 valence electrons. The number of thiazole rings is 1. The van der Waals surface area contributed by atoms with Gasteiger partial charge < -0.3 is 9.84 Å². The summed E-state index contributed by atoms with van der Waals surface area (Å²) >= 11 is 1.66. The molecule has 1 aliphatic carbocycles. The summed E-state index contributed by atoms with van der Waals surface area (Å²) < 4.78 is 5.55. The molecule has 0 radical (unpaired) electrons. The predicted octanol–water partition coefficient (Wildman–Crippen LogP) is 2.20. The Hall–Kier alpha value is -0.490. The summed E-state index contributed by atoms with van der Waals surface area (Å²) in [4.78, 5) is 6.95. The Kier molecular flexibility index (Phi) is 5.12. The number of nitrogens with zero attached hydrogens (tertiary/aromatic N) is 2. The van der Waals surface area contributed by atoms with Crippen LogP contribution in [0.1, 0.15) is 43.5 Å². The fourth-order valence-corrected chi connectivity index (χ4v) is 2.88. The molecule has 2 rings (SSSR count). The fraction of sp³-hybridized carbons (Fsp3) is 0.769. The van der Waals surface area contributed by atoms with Gasteiger partial charge in [-0.05, 0) is 26.7 Å². The van der Waals surface area contributed by atoms with Gasteiger partial charge in [0, 0.05) is 31.1 Å². The van der Waals surface area contributed by atoms with Gasteiger partial charge in [-0.1, -0.05) is 0 Å². The van der Waals surface area contributed by atoms with Crippen LogP contribution in [0.3, 0.4) is 0 Å². The molecule has 1 saturated carbocycles. The van der Waals surface area contributed by atoms with E-state index in [1.165, 1.54) is 12.8 Å². The van der Waals surface area contributed by atoms with Crippen molar-refractivity contribution < 1.29 is 9.84 Å². The molecule has 0 amide bonds. The van der Waals surface area contributed by atoms with E-state index in [-0.39, 0.29) is 12.7 Å². The van der Waals surface area contributed by atoms with Crippen molar-refractivity contribution in [2.75, 3.05) is 19.8 Å². The zero-order chi connectivity index (χ0) is 13.0. The average molecular weight is 270 g/mol. The van der Waals surface area contributed by atoms with Crippen LogP contribution in [-0.4, -0.2) is 40.8 Å². The normalized spacial score (nSPS) is 17.3. The lowest BCUT2D eigenvalue weighted by Crippen LogP contribution is -2.28. The number of rotatable bonds is 8. The van der Waals surface area contributed by atoms with Crippen LogP contribution in [-0.2, 0) is 11.3 Å². The third kappa shape index (κ3) is 3.75. The molecule has 1 aromatic heterocycles. The summed E-state index contributed by atoms with van der Waals surface area (Å²) in [7, 11) is 0. The van der Waals surface area contributed by atoms with E-state index in [1.54, 1.807) is 11.3 Å². The highest BCUT2D eigenvalue weighted by atomic mass is 32.1. The Bertz CT molecular complexity index is 366. The monoisotopic (exact) mass is 270 g/mol. The minimum absolute atomic E-state index is 0.0842. The summed E-state index contributed by atoms with van der Waals surface area (Å²) in [5.74, 6) is 0. The number of ether oxygens (including phenoxy) is 1. The van der Waals surface area contributed by atoms with Crippen LogP contribution in [0.4, 0.5) is 0 Å². The van der Waals surface area contributed by atoms with Gasteiger partial charge in [0.2, 0.25) is 0 Å². The van der Waals surface area contributed by atoms with Crippen LogP contribution >= 0.6 is 11.3 Å². The van der Waals surface area contributed by atoms with Crippen LogP contribution < -0.4 is 0 Å². The van der Waals surface area contributed by atoms with Gasteiger partial charge in [0.25, 0.3) is 0 Å². The third-order valence-electron chi connectivity index (χ3n) is 3.15. The van der Waals surface area contributed by atoms with Crippen LogP contribution in [0.2, 0.25) is 0 Å². The highest BCUT2D eigenvalue weighted by Gasteiger charge is 2.29. The van der Waals surface area contributed by atoms with Gasteiger partial charge >= 0.3 is 0 Å². The summed E-state index contributed by atoms with van der Waals surface area (Å²) in [5.41, 5.74) is 1.10. The minimum Gasteiger partial charge on any atom is -0.395 e. The second-order valence-corrected chi connectivity index (χ2v) is 5.59. The number of aliphatic hydroxyl groups is 1. The van der Waals surface area contributed by atoms with Crippen molar-refractivity contribution in [1.29, 1.82) is 0 Å². The lowest BCUT2D eigenvalue weighted by Gasteiger charge is -2.19. The minimum atomic E-state index is 0.0842. The Labute approximate surface area is 113 Å². The maximum absolute atomic E-state index is 9.08. The van der Waals surface area contributed by atoms with E-state index in [2.05, 4.69) is 15.3 Å². The van der Waals surface area contributed by atoms with Crippen molar-refractivity contribution in [3.05, 3.63) is 16.1 Å². The zero-order valence-electron chi connectivity index (χ0n) is 11.1. The van der Waals surface area contributed by atoms with Crippen molar-refractivity contribution >= 4 is 11.3 Å². The highest BCUT2D eigenvalue weighted by molar-refractivity contribution is 7.09. The molecular weight excluding hydrogens is 248 g/mol. The van der Waals surface area contributed by atoms with Gasteiger partial charge in [-0.2, -0.15) is 0 Å². The van der Waals surface area contributed by atoms with Crippen molar-refractivity contribution in [3.8, 4) is 0 Å². The van der Waals surface area contributed by atoms with E-state index in [0.29, 0.717) is 6.04 Å². The molecule has 4 nitrogen and oxygen atoms in total. The third-order valence-corrected chi connectivity index (χ3v) is 4.20. The quantitative estimate of drug-likeness (QED) is 0.786. The Morgan fingerprint density at radius 1 is 1.61 bits per heavy atom. The predicted molar refractivity (Wildman–Crippen MR) is 72.7 cm³/mol. The van der Waals surface area contributed by atoms with Gasteiger partial charge in [0.05, 0.1) is 12.3 Å². The molecule has 0 aliphatic heterocycles. The molecule has 1 aromatic rings. The number of hydrogen-bond donors (Lipinski definition) is 1. The maximum atomic E-state index is 9.08. The smallest absolute Gasteiger partial charge is 0.122 e. The van der Waals surface area contributed by atoms with E-state index in [9.17, 15) is 0 Å². The second-order valence-electron chi connectivity index (χ2n) is 4.70. The van der Waals surface area contributed by atoms with E-state index < -0.39 is 0 Å².